The second-order valence-corrected chi connectivity index (χ2v) is 11.9. The highest BCUT2D eigenvalue weighted by molar-refractivity contribution is 7.89. The number of piperazine rings is 1. The molecule has 3 N–H and O–H groups in total. The Balaban J connectivity index is 1.32. The van der Waals surface area contributed by atoms with E-state index in [-0.39, 0.29) is 11.3 Å². The Morgan fingerprint density at radius 2 is 1.33 bits per heavy atom. The lowest BCUT2D eigenvalue weighted by atomic mass is 10.2. The predicted molar refractivity (Wildman–Crippen MR) is 158 cm³/mol. The lowest BCUT2D eigenvalue weighted by Gasteiger charge is -2.34. The van der Waals surface area contributed by atoms with Gasteiger partial charge in [0, 0.05) is 56.2 Å². The molecule has 0 spiro atoms. The molecule has 5 rings (SSSR count). The fraction of sp³-hybridized carbons (Fsp3) is 0.370. The highest BCUT2D eigenvalue weighted by Crippen LogP contribution is 2.25. The van der Waals surface area contributed by atoms with E-state index in [0.717, 1.165) is 5.56 Å². The number of nitrogens with one attached hydrogen (secondary N) is 2. The summed E-state index contributed by atoms with van der Waals surface area (Å²) in [7, 11) is -3.26. The normalized spacial score (nSPS) is 16.2. The van der Waals surface area contributed by atoms with Gasteiger partial charge < -0.3 is 30.3 Å². The average molecular weight is 597 g/mol. The fourth-order valence-corrected chi connectivity index (χ4v) is 5.66. The van der Waals surface area contributed by atoms with Crippen molar-refractivity contribution >= 4 is 45.3 Å². The standard InChI is InChI=1S/C27H32N8O6S/c1-2-42(39,40)35-13-11-33(12-14-35)25-30-23(31-26(32-25)34-15-17-41-18-16-34)19-3-7-21(8-4-19)28-27(38)29-22-9-5-20(6-10-22)24(36)37/h3-10H,2,11-18H2,1H3,(H,36,37)(H2,28,29,38). The number of nitrogens with zero attached hydrogens (tertiary/aromatic N) is 6. The molecule has 14 nitrogen and oxygen atoms in total. The van der Waals surface area contributed by atoms with E-state index in [1.807, 2.05) is 9.80 Å². The van der Waals surface area contributed by atoms with Gasteiger partial charge in [-0.3, -0.25) is 0 Å². The van der Waals surface area contributed by atoms with Crippen molar-refractivity contribution < 1.29 is 27.9 Å². The molecule has 0 aliphatic carbocycles. The number of amides is 2. The number of ether oxygens (including phenoxy) is 1. The summed E-state index contributed by atoms with van der Waals surface area (Å²) in [5.74, 6) is 0.484. The van der Waals surface area contributed by atoms with Crippen LogP contribution in [0, 0.1) is 0 Å². The Morgan fingerprint density at radius 3 is 1.86 bits per heavy atom. The fourth-order valence-electron chi connectivity index (χ4n) is 4.57. The largest absolute Gasteiger partial charge is 0.478 e. The zero-order valence-electron chi connectivity index (χ0n) is 23.1. The van der Waals surface area contributed by atoms with E-state index in [1.54, 1.807) is 31.2 Å². The Kier molecular flexibility index (Phi) is 8.80. The zero-order valence-corrected chi connectivity index (χ0v) is 23.9. The highest BCUT2D eigenvalue weighted by atomic mass is 32.2. The predicted octanol–water partition coefficient (Wildman–Crippen LogP) is 2.19. The number of carbonyl (C=O) groups is 2. The first-order chi connectivity index (χ1) is 20.2. The number of anilines is 4. The zero-order chi connectivity index (χ0) is 29.7. The minimum atomic E-state index is -3.26. The Bertz CT molecular complexity index is 1520. The number of benzene rings is 2. The molecule has 2 fully saturated rings. The van der Waals surface area contributed by atoms with E-state index in [0.29, 0.717) is 81.6 Å². The van der Waals surface area contributed by atoms with Crippen molar-refractivity contribution in [1.29, 1.82) is 0 Å². The quantitative estimate of drug-likeness (QED) is 0.348. The molecule has 0 atom stereocenters. The van der Waals surface area contributed by atoms with Crippen molar-refractivity contribution in [2.45, 2.75) is 6.92 Å². The van der Waals surface area contributed by atoms with Gasteiger partial charge in [-0.1, -0.05) is 0 Å². The number of carboxylic acid groups (broad SMARTS) is 1. The SMILES string of the molecule is CCS(=O)(=O)N1CCN(c2nc(-c3ccc(NC(=O)Nc4ccc(C(=O)O)cc4)cc3)nc(N3CCOCC3)n2)CC1. The minimum absolute atomic E-state index is 0.0660. The highest BCUT2D eigenvalue weighted by Gasteiger charge is 2.28. The molecule has 1 aromatic heterocycles. The van der Waals surface area contributed by atoms with Gasteiger partial charge in [0.15, 0.2) is 5.82 Å². The summed E-state index contributed by atoms with van der Waals surface area (Å²) in [5, 5.41) is 14.4. The van der Waals surface area contributed by atoms with Crippen LogP contribution in [0.3, 0.4) is 0 Å². The van der Waals surface area contributed by atoms with Crippen molar-refractivity contribution in [3.63, 3.8) is 0 Å². The molecule has 0 saturated carbocycles. The first-order valence-corrected chi connectivity index (χ1v) is 15.2. The van der Waals surface area contributed by atoms with Crippen LogP contribution in [0.4, 0.5) is 28.1 Å². The molecule has 2 aliphatic rings. The molecule has 2 saturated heterocycles. The van der Waals surface area contributed by atoms with Gasteiger partial charge in [0.1, 0.15) is 0 Å². The Labute approximate surface area is 243 Å². The van der Waals surface area contributed by atoms with Gasteiger partial charge in [-0.25, -0.2) is 18.0 Å². The Hall–Kier alpha value is -4.34. The maximum Gasteiger partial charge on any atom is 0.335 e. The van der Waals surface area contributed by atoms with Crippen molar-refractivity contribution in [2.24, 2.45) is 0 Å². The number of rotatable bonds is 8. The van der Waals surface area contributed by atoms with Gasteiger partial charge in [-0.15, -0.1) is 0 Å². The molecular formula is C27H32N8O6S. The van der Waals surface area contributed by atoms with E-state index in [4.69, 9.17) is 24.8 Å². The topological polar surface area (TPSA) is 170 Å². The number of urea groups is 1. The summed E-state index contributed by atoms with van der Waals surface area (Å²) < 4.78 is 31.6. The van der Waals surface area contributed by atoms with Crippen LogP contribution in [0.2, 0.25) is 0 Å². The van der Waals surface area contributed by atoms with Crippen LogP contribution in [-0.4, -0.2) is 103 Å². The summed E-state index contributed by atoms with van der Waals surface area (Å²) in [6, 6.07) is 12.4. The molecule has 15 heteroatoms. The second kappa shape index (κ2) is 12.7. The molecule has 222 valence electrons. The van der Waals surface area contributed by atoms with E-state index >= 15 is 0 Å². The molecule has 0 radical (unpaired) electrons. The van der Waals surface area contributed by atoms with E-state index < -0.39 is 22.0 Å². The van der Waals surface area contributed by atoms with Crippen molar-refractivity contribution in [3.05, 3.63) is 54.1 Å². The molecular weight excluding hydrogens is 564 g/mol. The molecule has 2 amide bonds. The maximum absolute atomic E-state index is 12.5. The molecule has 42 heavy (non-hydrogen) atoms. The van der Waals surface area contributed by atoms with Crippen molar-refractivity contribution in [2.75, 3.05) is 78.7 Å². The van der Waals surface area contributed by atoms with Gasteiger partial charge in [-0.05, 0) is 55.5 Å². The Morgan fingerprint density at radius 1 is 0.810 bits per heavy atom. The third-order valence-electron chi connectivity index (χ3n) is 6.98. The van der Waals surface area contributed by atoms with E-state index in [1.165, 1.54) is 28.6 Å². The van der Waals surface area contributed by atoms with Gasteiger partial charge in [0.25, 0.3) is 0 Å². The number of carboxylic acids is 1. The first-order valence-electron chi connectivity index (χ1n) is 13.5. The number of aromatic carboxylic acids is 1. The van der Waals surface area contributed by atoms with Gasteiger partial charge in [0.05, 0.1) is 24.5 Å². The van der Waals surface area contributed by atoms with Crippen LogP contribution in [0.1, 0.15) is 17.3 Å². The molecule has 2 aromatic carbocycles. The lowest BCUT2D eigenvalue weighted by molar-refractivity contribution is 0.0697. The van der Waals surface area contributed by atoms with Crippen LogP contribution in [0.25, 0.3) is 11.4 Å². The van der Waals surface area contributed by atoms with Crippen LogP contribution >= 0.6 is 0 Å². The maximum atomic E-state index is 12.5. The molecule has 3 heterocycles. The summed E-state index contributed by atoms with van der Waals surface area (Å²) >= 11 is 0. The summed E-state index contributed by atoms with van der Waals surface area (Å²) in [6.07, 6.45) is 0. The van der Waals surface area contributed by atoms with Crippen LogP contribution in [0.15, 0.2) is 48.5 Å². The number of sulfonamides is 1. The summed E-state index contributed by atoms with van der Waals surface area (Å²) in [5.41, 5.74) is 1.84. The van der Waals surface area contributed by atoms with Gasteiger partial charge >= 0.3 is 12.0 Å². The lowest BCUT2D eigenvalue weighted by Crippen LogP contribution is -2.49. The molecule has 0 bridgehead atoms. The second-order valence-electron chi connectivity index (χ2n) is 9.68. The number of aromatic nitrogens is 3. The monoisotopic (exact) mass is 596 g/mol. The number of hydrogen-bond donors (Lipinski definition) is 3. The van der Waals surface area contributed by atoms with Crippen molar-refractivity contribution in [1.82, 2.24) is 19.3 Å². The van der Waals surface area contributed by atoms with E-state index in [2.05, 4.69) is 10.6 Å². The number of carbonyl (C=O) groups excluding carboxylic acids is 1. The van der Waals surface area contributed by atoms with Crippen LogP contribution in [0.5, 0.6) is 0 Å². The van der Waals surface area contributed by atoms with E-state index in [9.17, 15) is 18.0 Å². The number of morpholine rings is 1. The third kappa shape index (κ3) is 6.92. The summed E-state index contributed by atoms with van der Waals surface area (Å²) in [6.45, 7) is 5.69. The third-order valence-corrected chi connectivity index (χ3v) is 8.86. The minimum Gasteiger partial charge on any atom is -0.478 e. The van der Waals surface area contributed by atoms with Gasteiger partial charge in [-0.2, -0.15) is 19.3 Å². The smallest absolute Gasteiger partial charge is 0.335 e. The van der Waals surface area contributed by atoms with Crippen LogP contribution < -0.4 is 20.4 Å². The van der Waals surface area contributed by atoms with Crippen LogP contribution in [-0.2, 0) is 14.8 Å². The van der Waals surface area contributed by atoms with Gasteiger partial charge in [0.2, 0.25) is 21.9 Å². The molecule has 0 unspecified atom stereocenters. The van der Waals surface area contributed by atoms with Crippen molar-refractivity contribution in [3.8, 4) is 11.4 Å². The average Bonchev–Trinajstić information content (AvgIpc) is 3.02. The molecule has 3 aromatic rings. The number of hydrogen-bond acceptors (Lipinski definition) is 10. The first kappa shape index (κ1) is 29.2. The molecule has 2 aliphatic heterocycles. The summed E-state index contributed by atoms with van der Waals surface area (Å²) in [4.78, 5) is 41.7.